The quantitative estimate of drug-likeness (QED) is 0.371. The Labute approximate surface area is 212 Å². The van der Waals surface area contributed by atoms with Gasteiger partial charge in [0.25, 0.3) is 0 Å². The maximum Gasteiger partial charge on any atom is 0.246 e. The van der Waals surface area contributed by atoms with Crippen molar-refractivity contribution >= 4 is 50.3 Å². The predicted octanol–water partition coefficient (Wildman–Crippen LogP) is 4.61. The van der Waals surface area contributed by atoms with E-state index in [1.165, 1.54) is 17.4 Å². The fourth-order valence-corrected chi connectivity index (χ4v) is 5.75. The molecule has 1 aromatic heterocycles. The first-order chi connectivity index (χ1) is 16.9. The van der Waals surface area contributed by atoms with E-state index >= 15 is 0 Å². The van der Waals surface area contributed by atoms with E-state index in [9.17, 15) is 14.9 Å². The molecule has 180 valence electrons. The van der Waals surface area contributed by atoms with Crippen LogP contribution in [0.5, 0.6) is 5.75 Å². The van der Waals surface area contributed by atoms with Crippen LogP contribution in [0.15, 0.2) is 43.0 Å². The smallest absolute Gasteiger partial charge is 0.246 e. The summed E-state index contributed by atoms with van der Waals surface area (Å²) in [4.78, 5) is 27.0. The molecule has 9 heteroatoms. The van der Waals surface area contributed by atoms with Crippen molar-refractivity contribution < 1.29 is 14.3 Å². The number of nitrogens with two attached hydrogens (primary N) is 1. The molecule has 3 aromatic rings. The minimum atomic E-state index is -0.159. The lowest BCUT2D eigenvalue weighted by Crippen LogP contribution is -2.54. The van der Waals surface area contributed by atoms with Gasteiger partial charge < -0.3 is 20.3 Å². The molecule has 2 N–H and O–H groups in total. The van der Waals surface area contributed by atoms with Gasteiger partial charge in [-0.05, 0) is 30.2 Å². The van der Waals surface area contributed by atoms with Gasteiger partial charge in [0.1, 0.15) is 16.8 Å². The standard InChI is InChI=1S/C26H25ClN4O3S/c1-3-22(33)30-10-11-31(15-32)17(14-30)9-12-34-25-16(2)7-8-19(24(25)27)18-5-4-6-21-23(18)20(13-28)26(29)35-21/h3-8,15,17H,1,9-12,14,29H2,2H3. The number of amides is 2. The van der Waals surface area contributed by atoms with Gasteiger partial charge in [-0.2, -0.15) is 5.26 Å². The van der Waals surface area contributed by atoms with E-state index in [1.807, 2.05) is 37.3 Å². The molecule has 0 radical (unpaired) electrons. The van der Waals surface area contributed by atoms with Gasteiger partial charge in [0.15, 0.2) is 0 Å². The highest BCUT2D eigenvalue weighted by Gasteiger charge is 2.28. The number of benzene rings is 2. The Morgan fingerprint density at radius 3 is 2.86 bits per heavy atom. The zero-order valence-electron chi connectivity index (χ0n) is 19.3. The Morgan fingerprint density at radius 2 is 2.14 bits per heavy atom. The molecule has 0 aliphatic carbocycles. The molecule has 4 rings (SSSR count). The Morgan fingerprint density at radius 1 is 1.34 bits per heavy atom. The van der Waals surface area contributed by atoms with Gasteiger partial charge in [0, 0.05) is 41.7 Å². The van der Waals surface area contributed by atoms with Crippen LogP contribution in [-0.2, 0) is 9.59 Å². The fraction of sp³-hybridized carbons (Fsp3) is 0.269. The normalized spacial score (nSPS) is 15.6. The number of thiophene rings is 1. The van der Waals surface area contributed by atoms with Crippen molar-refractivity contribution in [2.75, 3.05) is 32.0 Å². The zero-order chi connectivity index (χ0) is 25.1. The van der Waals surface area contributed by atoms with E-state index in [0.29, 0.717) is 54.0 Å². The molecule has 0 spiro atoms. The number of aryl methyl sites for hydroxylation is 1. The molecule has 0 saturated carbocycles. The molecule has 1 aliphatic heterocycles. The van der Waals surface area contributed by atoms with Crippen molar-refractivity contribution in [3.63, 3.8) is 0 Å². The lowest BCUT2D eigenvalue weighted by molar-refractivity contribution is -0.133. The number of nitrogen functional groups attached to an aromatic ring is 1. The number of ether oxygens (including phenoxy) is 1. The first kappa shape index (κ1) is 24.6. The second kappa shape index (κ2) is 10.4. The third-order valence-electron chi connectivity index (χ3n) is 6.29. The molecule has 1 fully saturated rings. The second-order valence-corrected chi connectivity index (χ2v) is 9.79. The lowest BCUT2D eigenvalue weighted by atomic mass is 9.98. The van der Waals surface area contributed by atoms with Crippen molar-refractivity contribution in [2.45, 2.75) is 19.4 Å². The second-order valence-electron chi connectivity index (χ2n) is 8.33. The molecule has 1 unspecified atom stereocenters. The Balaban J connectivity index is 1.59. The van der Waals surface area contributed by atoms with Crippen molar-refractivity contribution in [1.29, 1.82) is 5.26 Å². The number of rotatable bonds is 7. The number of carbonyl (C=O) groups excluding carboxylic acids is 2. The summed E-state index contributed by atoms with van der Waals surface area (Å²) in [6, 6.07) is 11.7. The lowest BCUT2D eigenvalue weighted by Gasteiger charge is -2.39. The number of piperazine rings is 1. The predicted molar refractivity (Wildman–Crippen MR) is 140 cm³/mol. The van der Waals surface area contributed by atoms with Crippen LogP contribution in [0.1, 0.15) is 17.5 Å². The number of fused-ring (bicyclic) bond motifs is 1. The van der Waals surface area contributed by atoms with Crippen LogP contribution in [0.3, 0.4) is 0 Å². The molecule has 1 saturated heterocycles. The maximum absolute atomic E-state index is 12.0. The van der Waals surface area contributed by atoms with E-state index in [4.69, 9.17) is 22.1 Å². The van der Waals surface area contributed by atoms with Crippen LogP contribution in [0.4, 0.5) is 5.00 Å². The zero-order valence-corrected chi connectivity index (χ0v) is 20.9. The summed E-state index contributed by atoms with van der Waals surface area (Å²) in [5.41, 5.74) is 8.97. The highest BCUT2D eigenvalue weighted by Crippen LogP contribution is 2.44. The van der Waals surface area contributed by atoms with E-state index in [0.717, 1.165) is 33.2 Å². The Bertz CT molecular complexity index is 1350. The highest BCUT2D eigenvalue weighted by atomic mass is 35.5. The van der Waals surface area contributed by atoms with Crippen molar-refractivity contribution in [3.05, 3.63) is 59.1 Å². The van der Waals surface area contributed by atoms with Crippen molar-refractivity contribution in [2.24, 2.45) is 0 Å². The first-order valence-electron chi connectivity index (χ1n) is 11.1. The van der Waals surface area contributed by atoms with Gasteiger partial charge in [0.2, 0.25) is 12.3 Å². The number of carbonyl (C=O) groups is 2. The van der Waals surface area contributed by atoms with Crippen LogP contribution >= 0.6 is 22.9 Å². The molecule has 2 aromatic carbocycles. The summed E-state index contributed by atoms with van der Waals surface area (Å²) < 4.78 is 7.05. The maximum atomic E-state index is 12.0. The summed E-state index contributed by atoms with van der Waals surface area (Å²) in [6.07, 6.45) is 2.65. The number of hydrogen-bond acceptors (Lipinski definition) is 6. The molecule has 2 heterocycles. The van der Waals surface area contributed by atoms with Gasteiger partial charge in [-0.1, -0.05) is 42.4 Å². The minimum absolute atomic E-state index is 0.145. The molecule has 7 nitrogen and oxygen atoms in total. The summed E-state index contributed by atoms with van der Waals surface area (Å²) >= 11 is 8.22. The topological polar surface area (TPSA) is 99.7 Å². The number of halogens is 1. The van der Waals surface area contributed by atoms with Crippen LogP contribution in [0, 0.1) is 18.3 Å². The fourth-order valence-electron chi connectivity index (χ4n) is 4.43. The number of nitriles is 1. The average Bonchev–Trinajstić information content (AvgIpc) is 3.20. The number of anilines is 1. The third-order valence-corrected chi connectivity index (χ3v) is 7.65. The summed E-state index contributed by atoms with van der Waals surface area (Å²) in [5, 5.41) is 11.4. The Hall–Kier alpha value is -3.54. The molecule has 0 bridgehead atoms. The van der Waals surface area contributed by atoms with E-state index in [2.05, 4.69) is 12.6 Å². The van der Waals surface area contributed by atoms with Crippen LogP contribution in [0.2, 0.25) is 5.02 Å². The van der Waals surface area contributed by atoms with Crippen LogP contribution < -0.4 is 10.5 Å². The largest absolute Gasteiger partial charge is 0.492 e. The number of nitrogens with zero attached hydrogens (tertiary/aromatic N) is 3. The molecule has 1 aliphatic rings. The number of hydrogen-bond donors (Lipinski definition) is 1. The van der Waals surface area contributed by atoms with Gasteiger partial charge in [-0.3, -0.25) is 9.59 Å². The highest BCUT2D eigenvalue weighted by molar-refractivity contribution is 7.23. The van der Waals surface area contributed by atoms with Crippen molar-refractivity contribution in [1.82, 2.24) is 9.80 Å². The summed E-state index contributed by atoms with van der Waals surface area (Å²) in [6.45, 7) is 7.16. The van der Waals surface area contributed by atoms with E-state index in [-0.39, 0.29) is 11.9 Å². The van der Waals surface area contributed by atoms with Gasteiger partial charge >= 0.3 is 0 Å². The Kier molecular flexibility index (Phi) is 7.29. The monoisotopic (exact) mass is 508 g/mol. The van der Waals surface area contributed by atoms with Crippen LogP contribution in [0.25, 0.3) is 21.2 Å². The van der Waals surface area contributed by atoms with E-state index in [1.54, 1.807) is 9.80 Å². The van der Waals surface area contributed by atoms with Crippen molar-refractivity contribution in [3.8, 4) is 22.9 Å². The SMILES string of the molecule is C=CC(=O)N1CCN(C=O)C(CCOc2c(C)ccc(-c3cccc4sc(N)c(C#N)c34)c2Cl)C1. The molecular formula is C26H25ClN4O3S. The molecule has 35 heavy (non-hydrogen) atoms. The summed E-state index contributed by atoms with van der Waals surface area (Å²) in [7, 11) is 0. The molecule has 1 atom stereocenters. The summed E-state index contributed by atoms with van der Waals surface area (Å²) in [5.74, 6) is 0.406. The third kappa shape index (κ3) is 4.70. The molecular weight excluding hydrogens is 484 g/mol. The van der Waals surface area contributed by atoms with Gasteiger partial charge in [-0.15, -0.1) is 11.3 Å². The van der Waals surface area contributed by atoms with Gasteiger partial charge in [-0.25, -0.2) is 0 Å². The van der Waals surface area contributed by atoms with Crippen LogP contribution in [-0.4, -0.2) is 54.4 Å². The average molecular weight is 509 g/mol. The van der Waals surface area contributed by atoms with E-state index < -0.39 is 0 Å². The first-order valence-corrected chi connectivity index (χ1v) is 12.3. The minimum Gasteiger partial charge on any atom is -0.492 e. The molecule has 2 amide bonds. The van der Waals surface area contributed by atoms with Gasteiger partial charge in [0.05, 0.1) is 23.2 Å².